The Morgan fingerprint density at radius 1 is 1.37 bits per heavy atom. The predicted molar refractivity (Wildman–Crippen MR) is 82.4 cm³/mol. The van der Waals surface area contributed by atoms with Crippen molar-refractivity contribution < 1.29 is 4.74 Å². The summed E-state index contributed by atoms with van der Waals surface area (Å²) in [5.74, 6) is 1.80. The Hall–Kier alpha value is -0.580. The maximum absolute atomic E-state index is 5.64. The van der Waals surface area contributed by atoms with Gasteiger partial charge >= 0.3 is 0 Å². The average Bonchev–Trinajstić information content (AvgIpc) is 2.42. The lowest BCUT2D eigenvalue weighted by Crippen LogP contribution is -2.33. The molecule has 4 heteroatoms. The number of benzene rings is 1. The SMILES string of the molecule is COc1ccc(Br)cc1CN1CCC(CCN)CC1. The molecule has 1 fully saturated rings. The topological polar surface area (TPSA) is 38.5 Å². The van der Waals surface area contributed by atoms with Gasteiger partial charge < -0.3 is 10.5 Å². The summed E-state index contributed by atoms with van der Waals surface area (Å²) in [5.41, 5.74) is 6.90. The number of hydrogen-bond donors (Lipinski definition) is 1. The van der Waals surface area contributed by atoms with Crippen molar-refractivity contribution in [3.05, 3.63) is 28.2 Å². The largest absolute Gasteiger partial charge is 0.496 e. The lowest BCUT2D eigenvalue weighted by Gasteiger charge is -2.32. The smallest absolute Gasteiger partial charge is 0.123 e. The predicted octanol–water partition coefficient (Wildman–Crippen LogP) is 3.02. The van der Waals surface area contributed by atoms with Crippen LogP contribution >= 0.6 is 15.9 Å². The first-order valence-electron chi connectivity index (χ1n) is 6.97. The molecule has 0 radical (unpaired) electrons. The standard InChI is InChI=1S/C15H23BrN2O/c1-19-15-3-2-14(16)10-13(15)11-18-8-5-12(4-7-17)6-9-18/h2-3,10,12H,4-9,11,17H2,1H3. The zero-order valence-corrected chi connectivity index (χ0v) is 13.2. The van der Waals surface area contributed by atoms with Gasteiger partial charge in [-0.1, -0.05) is 15.9 Å². The Labute approximate surface area is 124 Å². The number of likely N-dealkylation sites (tertiary alicyclic amines) is 1. The fraction of sp³-hybridized carbons (Fsp3) is 0.600. The fourth-order valence-electron chi connectivity index (χ4n) is 2.78. The minimum absolute atomic E-state index is 0.824. The van der Waals surface area contributed by atoms with Crippen molar-refractivity contribution >= 4 is 15.9 Å². The Morgan fingerprint density at radius 2 is 2.11 bits per heavy atom. The van der Waals surface area contributed by atoms with Gasteiger partial charge in [0.2, 0.25) is 0 Å². The highest BCUT2D eigenvalue weighted by molar-refractivity contribution is 9.10. The van der Waals surface area contributed by atoms with Crippen LogP contribution in [0.4, 0.5) is 0 Å². The fourth-order valence-corrected chi connectivity index (χ4v) is 3.19. The van der Waals surface area contributed by atoms with E-state index in [1.807, 2.05) is 12.1 Å². The third kappa shape index (κ3) is 4.20. The molecule has 2 N–H and O–H groups in total. The summed E-state index contributed by atoms with van der Waals surface area (Å²) >= 11 is 3.53. The maximum Gasteiger partial charge on any atom is 0.123 e. The highest BCUT2D eigenvalue weighted by Crippen LogP contribution is 2.27. The van der Waals surface area contributed by atoms with E-state index in [2.05, 4.69) is 26.9 Å². The summed E-state index contributed by atoms with van der Waals surface area (Å²) in [5, 5.41) is 0. The molecule has 1 aromatic rings. The van der Waals surface area contributed by atoms with E-state index in [-0.39, 0.29) is 0 Å². The molecule has 0 bridgehead atoms. The van der Waals surface area contributed by atoms with E-state index in [0.29, 0.717) is 0 Å². The lowest BCUT2D eigenvalue weighted by atomic mass is 9.93. The van der Waals surface area contributed by atoms with Crippen LogP contribution in [0.1, 0.15) is 24.8 Å². The average molecular weight is 327 g/mol. The molecule has 1 aromatic carbocycles. The second kappa shape index (κ2) is 7.27. The molecule has 19 heavy (non-hydrogen) atoms. The van der Waals surface area contributed by atoms with Crippen LogP contribution in [0.3, 0.4) is 0 Å². The molecule has 0 amide bonds. The van der Waals surface area contributed by atoms with Gasteiger partial charge in [0, 0.05) is 16.6 Å². The van der Waals surface area contributed by atoms with Crippen molar-refractivity contribution in [2.45, 2.75) is 25.8 Å². The van der Waals surface area contributed by atoms with E-state index in [9.17, 15) is 0 Å². The summed E-state index contributed by atoms with van der Waals surface area (Å²) in [6.07, 6.45) is 3.72. The molecule has 0 aliphatic carbocycles. The molecule has 1 aliphatic rings. The zero-order chi connectivity index (χ0) is 13.7. The van der Waals surface area contributed by atoms with E-state index >= 15 is 0 Å². The summed E-state index contributed by atoms with van der Waals surface area (Å²) in [6.45, 7) is 4.13. The summed E-state index contributed by atoms with van der Waals surface area (Å²) in [4.78, 5) is 2.51. The third-order valence-electron chi connectivity index (χ3n) is 3.92. The van der Waals surface area contributed by atoms with Crippen LogP contribution in [-0.2, 0) is 6.54 Å². The van der Waals surface area contributed by atoms with Crippen LogP contribution < -0.4 is 10.5 Å². The van der Waals surface area contributed by atoms with Crippen LogP contribution in [0.25, 0.3) is 0 Å². The van der Waals surface area contributed by atoms with Gasteiger partial charge in [-0.2, -0.15) is 0 Å². The molecule has 0 aromatic heterocycles. The monoisotopic (exact) mass is 326 g/mol. The number of nitrogens with zero attached hydrogens (tertiary/aromatic N) is 1. The number of hydrogen-bond acceptors (Lipinski definition) is 3. The highest BCUT2D eigenvalue weighted by Gasteiger charge is 2.19. The Balaban J connectivity index is 1.93. The van der Waals surface area contributed by atoms with Crippen LogP contribution in [-0.4, -0.2) is 31.6 Å². The normalized spacial score (nSPS) is 17.6. The molecule has 1 heterocycles. The molecule has 0 saturated carbocycles. The molecule has 1 saturated heterocycles. The molecular weight excluding hydrogens is 304 g/mol. The highest BCUT2D eigenvalue weighted by atomic mass is 79.9. The molecule has 0 atom stereocenters. The van der Waals surface area contributed by atoms with Gasteiger partial charge in [0.1, 0.15) is 5.75 Å². The molecule has 0 spiro atoms. The van der Waals surface area contributed by atoms with E-state index in [1.165, 1.54) is 37.9 Å². The molecule has 106 valence electrons. The van der Waals surface area contributed by atoms with Crippen LogP contribution in [0.2, 0.25) is 0 Å². The summed E-state index contributed by atoms with van der Waals surface area (Å²) in [6, 6.07) is 6.21. The molecule has 2 rings (SSSR count). The first-order valence-corrected chi connectivity index (χ1v) is 7.77. The van der Waals surface area contributed by atoms with E-state index in [4.69, 9.17) is 10.5 Å². The van der Waals surface area contributed by atoms with Gasteiger partial charge in [0.25, 0.3) is 0 Å². The first-order chi connectivity index (χ1) is 9.22. The van der Waals surface area contributed by atoms with Gasteiger partial charge in [0.15, 0.2) is 0 Å². The minimum atomic E-state index is 0.824. The molecule has 3 nitrogen and oxygen atoms in total. The molecular formula is C15H23BrN2O. The van der Waals surface area contributed by atoms with Crippen molar-refractivity contribution in [2.24, 2.45) is 11.7 Å². The lowest BCUT2D eigenvalue weighted by molar-refractivity contribution is 0.172. The van der Waals surface area contributed by atoms with Gasteiger partial charge in [-0.15, -0.1) is 0 Å². The summed E-state index contributed by atoms with van der Waals surface area (Å²) in [7, 11) is 1.74. The van der Waals surface area contributed by atoms with Crippen molar-refractivity contribution in [1.29, 1.82) is 0 Å². The van der Waals surface area contributed by atoms with Gasteiger partial charge in [-0.05, 0) is 63.0 Å². The van der Waals surface area contributed by atoms with Gasteiger partial charge in [0.05, 0.1) is 7.11 Å². The van der Waals surface area contributed by atoms with Gasteiger partial charge in [-0.3, -0.25) is 4.90 Å². The van der Waals surface area contributed by atoms with E-state index in [1.54, 1.807) is 7.11 Å². The number of rotatable bonds is 5. The van der Waals surface area contributed by atoms with Crippen LogP contribution in [0, 0.1) is 5.92 Å². The van der Waals surface area contributed by atoms with Crippen LogP contribution in [0.15, 0.2) is 22.7 Å². The van der Waals surface area contributed by atoms with E-state index in [0.717, 1.165) is 29.2 Å². The Kier molecular flexibility index (Phi) is 5.67. The van der Waals surface area contributed by atoms with Crippen molar-refractivity contribution in [1.82, 2.24) is 4.90 Å². The number of ether oxygens (including phenoxy) is 1. The summed E-state index contributed by atoms with van der Waals surface area (Å²) < 4.78 is 6.55. The number of piperidine rings is 1. The van der Waals surface area contributed by atoms with Crippen LogP contribution in [0.5, 0.6) is 5.75 Å². The number of methoxy groups -OCH3 is 1. The number of halogens is 1. The minimum Gasteiger partial charge on any atom is -0.496 e. The quantitative estimate of drug-likeness (QED) is 0.903. The van der Waals surface area contributed by atoms with Crippen molar-refractivity contribution in [2.75, 3.05) is 26.7 Å². The Morgan fingerprint density at radius 3 is 2.74 bits per heavy atom. The zero-order valence-electron chi connectivity index (χ0n) is 11.6. The third-order valence-corrected chi connectivity index (χ3v) is 4.41. The first kappa shape index (κ1) is 14.8. The van der Waals surface area contributed by atoms with E-state index < -0.39 is 0 Å². The molecule has 0 unspecified atom stereocenters. The van der Waals surface area contributed by atoms with Crippen molar-refractivity contribution in [3.63, 3.8) is 0 Å². The second-order valence-electron chi connectivity index (χ2n) is 5.25. The number of nitrogens with two attached hydrogens (primary N) is 1. The van der Waals surface area contributed by atoms with Gasteiger partial charge in [-0.25, -0.2) is 0 Å². The maximum atomic E-state index is 5.64. The Bertz CT molecular complexity index is 403. The van der Waals surface area contributed by atoms with Crippen molar-refractivity contribution in [3.8, 4) is 5.75 Å². The molecule has 1 aliphatic heterocycles. The second-order valence-corrected chi connectivity index (χ2v) is 6.17.